The summed E-state index contributed by atoms with van der Waals surface area (Å²) in [6.07, 6.45) is 6.85. The van der Waals surface area contributed by atoms with E-state index in [1.807, 2.05) is 18.2 Å². The fourth-order valence-electron chi connectivity index (χ4n) is 6.88. The Balaban J connectivity index is 1.77. The molecule has 158 valence electrons. The van der Waals surface area contributed by atoms with E-state index in [9.17, 15) is 20.4 Å². The van der Waals surface area contributed by atoms with E-state index in [0.717, 1.165) is 24.8 Å². The summed E-state index contributed by atoms with van der Waals surface area (Å²) >= 11 is 0. The highest BCUT2D eigenvalue weighted by Crippen LogP contribution is 2.62. The normalized spacial score (nSPS) is 28.2. The first-order valence-electron chi connectivity index (χ1n) is 10.7. The van der Waals surface area contributed by atoms with Crippen LogP contribution in [0.3, 0.4) is 0 Å². The third-order valence-electron chi connectivity index (χ3n) is 7.66. The largest absolute Gasteiger partial charge is 0.504 e. The molecular formula is C24H24N4O3. The molecule has 0 atom stereocenters. The lowest BCUT2D eigenvalue weighted by Crippen LogP contribution is -2.48. The molecule has 4 fully saturated rings. The molecule has 1 aromatic carbocycles. The lowest BCUT2D eigenvalue weighted by molar-refractivity contribution is -0.00624. The molecule has 31 heavy (non-hydrogen) atoms. The quantitative estimate of drug-likeness (QED) is 0.700. The number of nitriles is 2. The minimum atomic E-state index is -0.641. The zero-order chi connectivity index (χ0) is 21.9. The van der Waals surface area contributed by atoms with Gasteiger partial charge in [0.15, 0.2) is 11.5 Å². The van der Waals surface area contributed by atoms with Gasteiger partial charge in [-0.3, -0.25) is 4.79 Å². The molecule has 6 rings (SSSR count). The van der Waals surface area contributed by atoms with Crippen molar-refractivity contribution in [2.75, 3.05) is 12.8 Å². The number of anilines is 1. The number of phenolic OH excluding ortho intramolecular Hbond substituents is 1. The maximum atomic E-state index is 12.4. The minimum Gasteiger partial charge on any atom is -0.504 e. The zero-order valence-corrected chi connectivity index (χ0v) is 17.4. The first-order valence-corrected chi connectivity index (χ1v) is 10.7. The number of aromatic amines is 1. The minimum absolute atomic E-state index is 0.0420. The number of nitrogens with one attached hydrogen (secondary N) is 1. The van der Waals surface area contributed by atoms with Crippen LogP contribution in [0, 0.1) is 40.4 Å². The Labute approximate surface area is 180 Å². The first-order chi connectivity index (χ1) is 14.9. The monoisotopic (exact) mass is 416 g/mol. The average molecular weight is 416 g/mol. The smallest absolute Gasteiger partial charge is 0.268 e. The summed E-state index contributed by atoms with van der Waals surface area (Å²) in [5, 5.41) is 30.5. The molecule has 0 radical (unpaired) electrons. The summed E-state index contributed by atoms with van der Waals surface area (Å²) in [6.45, 7) is 0. The summed E-state index contributed by atoms with van der Waals surface area (Å²) < 4.78 is 5.49. The Morgan fingerprint density at radius 2 is 1.68 bits per heavy atom. The predicted octanol–water partition coefficient (Wildman–Crippen LogP) is 3.55. The molecule has 2 aromatic rings. The summed E-state index contributed by atoms with van der Waals surface area (Å²) in [7, 11) is 1.48. The molecule has 0 amide bonds. The van der Waals surface area contributed by atoms with Crippen LogP contribution < -0.4 is 16.0 Å². The van der Waals surface area contributed by atoms with Crippen LogP contribution in [0.5, 0.6) is 11.5 Å². The Bertz CT molecular complexity index is 1200. The number of phenols is 1. The second-order valence-corrected chi connectivity index (χ2v) is 9.49. The van der Waals surface area contributed by atoms with E-state index in [-0.39, 0.29) is 39.4 Å². The molecule has 0 aliphatic heterocycles. The molecule has 0 spiro atoms. The van der Waals surface area contributed by atoms with Gasteiger partial charge >= 0.3 is 0 Å². The SMILES string of the molecule is COc1cc(-c2c(C#N)c(N)[nH]c(=O)c2C#N)cc(C23CC4CC(CC(C4)C2)C3)c1O. The molecule has 1 heterocycles. The van der Waals surface area contributed by atoms with Crippen molar-refractivity contribution in [1.29, 1.82) is 10.5 Å². The maximum absolute atomic E-state index is 12.4. The predicted molar refractivity (Wildman–Crippen MR) is 114 cm³/mol. The molecule has 4 saturated carbocycles. The summed E-state index contributed by atoms with van der Waals surface area (Å²) in [5.74, 6) is 2.31. The number of aromatic hydroxyl groups is 1. The molecule has 4 aliphatic rings. The number of hydrogen-bond donors (Lipinski definition) is 3. The Morgan fingerprint density at radius 1 is 1.10 bits per heavy atom. The second kappa shape index (κ2) is 6.78. The first kappa shape index (κ1) is 19.5. The van der Waals surface area contributed by atoms with Crippen LogP contribution in [0.25, 0.3) is 11.1 Å². The topological polar surface area (TPSA) is 136 Å². The highest BCUT2D eigenvalue weighted by Gasteiger charge is 2.52. The standard InChI is InChI=1S/C24H24N4O3/c1-31-19-6-15(20-16(10-25)22(27)28-23(30)17(20)11-26)5-18(21(19)29)24-7-12-2-13(8-24)4-14(3-12)9-24/h5-6,12-14,29H,2-4,7-9H2,1H3,(H3,27,28,30). The van der Waals surface area contributed by atoms with Gasteiger partial charge in [-0.15, -0.1) is 0 Å². The number of rotatable bonds is 3. The number of ether oxygens (including phenoxy) is 1. The van der Waals surface area contributed by atoms with Crippen molar-refractivity contribution in [1.82, 2.24) is 4.98 Å². The zero-order valence-electron chi connectivity index (χ0n) is 17.4. The van der Waals surface area contributed by atoms with Crippen molar-refractivity contribution >= 4 is 5.82 Å². The molecule has 0 saturated heterocycles. The molecule has 4 aliphatic carbocycles. The van der Waals surface area contributed by atoms with Crippen LogP contribution in [0.2, 0.25) is 0 Å². The third-order valence-corrected chi connectivity index (χ3v) is 7.66. The number of aromatic nitrogens is 1. The summed E-state index contributed by atoms with van der Waals surface area (Å²) in [4.78, 5) is 14.8. The van der Waals surface area contributed by atoms with Crippen LogP contribution in [-0.4, -0.2) is 17.2 Å². The number of nitrogen functional groups attached to an aromatic ring is 1. The van der Waals surface area contributed by atoms with Gasteiger partial charge in [-0.05, 0) is 79.4 Å². The lowest BCUT2D eigenvalue weighted by Gasteiger charge is -2.57. The molecular weight excluding hydrogens is 392 g/mol. The van der Waals surface area contributed by atoms with Gasteiger partial charge in [0.2, 0.25) is 0 Å². The van der Waals surface area contributed by atoms with Crippen molar-refractivity contribution in [3.63, 3.8) is 0 Å². The number of pyridine rings is 1. The number of nitrogens with zero attached hydrogens (tertiary/aromatic N) is 2. The van der Waals surface area contributed by atoms with E-state index in [4.69, 9.17) is 10.5 Å². The summed E-state index contributed by atoms with van der Waals surface area (Å²) in [6, 6.07) is 7.37. The maximum Gasteiger partial charge on any atom is 0.268 e. The highest BCUT2D eigenvalue weighted by molar-refractivity contribution is 5.82. The number of hydrogen-bond acceptors (Lipinski definition) is 6. The van der Waals surface area contributed by atoms with Crippen LogP contribution in [0.15, 0.2) is 16.9 Å². The van der Waals surface area contributed by atoms with E-state index in [1.54, 1.807) is 6.07 Å². The molecule has 7 nitrogen and oxygen atoms in total. The van der Waals surface area contributed by atoms with E-state index >= 15 is 0 Å². The summed E-state index contributed by atoms with van der Waals surface area (Å²) in [5.41, 5.74) is 6.48. The molecule has 1 aromatic heterocycles. The van der Waals surface area contributed by atoms with E-state index in [2.05, 4.69) is 4.98 Å². The fourth-order valence-corrected chi connectivity index (χ4v) is 6.88. The Morgan fingerprint density at radius 3 is 2.19 bits per heavy atom. The van der Waals surface area contributed by atoms with Crippen molar-refractivity contribution in [2.24, 2.45) is 17.8 Å². The molecule has 7 heteroatoms. The molecule has 0 unspecified atom stereocenters. The Hall–Kier alpha value is -3.45. The van der Waals surface area contributed by atoms with Crippen molar-refractivity contribution in [3.05, 3.63) is 39.2 Å². The highest BCUT2D eigenvalue weighted by atomic mass is 16.5. The number of nitrogens with two attached hydrogens (primary N) is 1. The van der Waals surface area contributed by atoms with Crippen molar-refractivity contribution in [3.8, 4) is 34.8 Å². The van der Waals surface area contributed by atoms with Crippen LogP contribution in [0.1, 0.15) is 55.2 Å². The van der Waals surface area contributed by atoms with E-state index < -0.39 is 5.56 Å². The van der Waals surface area contributed by atoms with E-state index in [1.165, 1.54) is 26.4 Å². The van der Waals surface area contributed by atoms with Gasteiger partial charge in [0.25, 0.3) is 5.56 Å². The third kappa shape index (κ3) is 2.80. The number of methoxy groups -OCH3 is 1. The van der Waals surface area contributed by atoms with Crippen molar-refractivity contribution < 1.29 is 9.84 Å². The van der Waals surface area contributed by atoms with Gasteiger partial charge in [-0.1, -0.05) is 0 Å². The lowest BCUT2D eigenvalue weighted by atomic mass is 9.48. The number of H-pyrrole nitrogens is 1. The van der Waals surface area contributed by atoms with E-state index in [0.29, 0.717) is 23.3 Å². The fraction of sp³-hybridized carbons (Fsp3) is 0.458. The van der Waals surface area contributed by atoms with Crippen LogP contribution >= 0.6 is 0 Å². The van der Waals surface area contributed by atoms with Gasteiger partial charge in [0, 0.05) is 11.1 Å². The molecule has 4 N–H and O–H groups in total. The van der Waals surface area contributed by atoms with Gasteiger partial charge in [-0.2, -0.15) is 10.5 Å². The average Bonchev–Trinajstić information content (AvgIpc) is 2.72. The van der Waals surface area contributed by atoms with Gasteiger partial charge < -0.3 is 20.6 Å². The van der Waals surface area contributed by atoms with Crippen molar-refractivity contribution in [2.45, 2.75) is 43.9 Å². The van der Waals surface area contributed by atoms with Gasteiger partial charge in [0.1, 0.15) is 29.1 Å². The van der Waals surface area contributed by atoms with Crippen LogP contribution in [0.4, 0.5) is 5.82 Å². The van der Waals surface area contributed by atoms with Crippen LogP contribution in [-0.2, 0) is 5.41 Å². The van der Waals surface area contributed by atoms with Gasteiger partial charge in [0.05, 0.1) is 7.11 Å². The number of benzene rings is 1. The second-order valence-electron chi connectivity index (χ2n) is 9.49. The van der Waals surface area contributed by atoms with Gasteiger partial charge in [-0.25, -0.2) is 0 Å². The molecule has 4 bridgehead atoms. The Kier molecular flexibility index (Phi) is 4.27.